The molecule has 0 saturated heterocycles. The quantitative estimate of drug-likeness (QED) is 0.908. The summed E-state index contributed by atoms with van der Waals surface area (Å²) < 4.78 is 10.9. The molecule has 6 heteroatoms. The van der Waals surface area contributed by atoms with E-state index < -0.39 is 0 Å². The van der Waals surface area contributed by atoms with Crippen LogP contribution in [0.1, 0.15) is 19.8 Å². The number of hydrogen-bond acceptors (Lipinski definition) is 4. The summed E-state index contributed by atoms with van der Waals surface area (Å²) in [5.74, 6) is 0.715. The van der Waals surface area contributed by atoms with Gasteiger partial charge in [-0.2, -0.15) is 0 Å². The Morgan fingerprint density at radius 3 is 2.89 bits per heavy atom. The minimum Gasteiger partial charge on any atom is -0.491 e. The van der Waals surface area contributed by atoms with Crippen molar-refractivity contribution in [1.29, 1.82) is 0 Å². The van der Waals surface area contributed by atoms with Crippen LogP contribution in [0.2, 0.25) is 10.0 Å². The van der Waals surface area contributed by atoms with Gasteiger partial charge in [0.15, 0.2) is 0 Å². The Morgan fingerprint density at radius 2 is 2.26 bits per heavy atom. The molecule has 1 aliphatic heterocycles. The largest absolute Gasteiger partial charge is 0.491 e. The van der Waals surface area contributed by atoms with Crippen LogP contribution in [0.3, 0.4) is 0 Å². The molecule has 0 fully saturated rings. The van der Waals surface area contributed by atoms with Gasteiger partial charge >= 0.3 is 0 Å². The average molecular weight is 303 g/mol. The zero-order valence-electron chi connectivity index (χ0n) is 10.6. The van der Waals surface area contributed by atoms with Crippen molar-refractivity contribution in [3.63, 3.8) is 0 Å². The van der Waals surface area contributed by atoms with E-state index in [1.807, 2.05) is 6.92 Å². The lowest BCUT2D eigenvalue weighted by Gasteiger charge is -2.16. The van der Waals surface area contributed by atoms with Gasteiger partial charge in [0, 0.05) is 6.07 Å². The molecule has 0 radical (unpaired) electrons. The first-order chi connectivity index (χ1) is 9.04. The zero-order chi connectivity index (χ0) is 13.8. The summed E-state index contributed by atoms with van der Waals surface area (Å²) in [4.78, 5) is 4.17. The highest BCUT2D eigenvalue weighted by Crippen LogP contribution is 2.27. The molecule has 104 valence electrons. The van der Waals surface area contributed by atoms with Crippen molar-refractivity contribution < 1.29 is 9.47 Å². The normalized spacial score (nSPS) is 19.7. The Morgan fingerprint density at radius 1 is 1.47 bits per heavy atom. The molecular formula is C13H16Cl2N2O2. The van der Waals surface area contributed by atoms with Crippen molar-refractivity contribution in [3.8, 4) is 5.75 Å². The zero-order valence-corrected chi connectivity index (χ0v) is 12.1. The molecule has 0 bridgehead atoms. The fourth-order valence-corrected chi connectivity index (χ4v) is 2.14. The smallest absolute Gasteiger partial charge is 0.282 e. The van der Waals surface area contributed by atoms with Gasteiger partial charge in [-0.1, -0.05) is 23.2 Å². The second kappa shape index (κ2) is 6.35. The van der Waals surface area contributed by atoms with Crippen molar-refractivity contribution in [1.82, 2.24) is 0 Å². The average Bonchev–Trinajstić information content (AvgIpc) is 2.77. The molecule has 2 N–H and O–H groups in total. The van der Waals surface area contributed by atoms with Gasteiger partial charge in [0.1, 0.15) is 12.4 Å². The first-order valence-electron chi connectivity index (χ1n) is 6.12. The number of nitrogens with zero attached hydrogens (tertiary/aromatic N) is 1. The number of benzene rings is 1. The van der Waals surface area contributed by atoms with E-state index in [-0.39, 0.29) is 18.2 Å². The topological polar surface area (TPSA) is 56.8 Å². The third-order valence-electron chi connectivity index (χ3n) is 2.87. The van der Waals surface area contributed by atoms with Crippen LogP contribution in [-0.4, -0.2) is 24.8 Å². The summed E-state index contributed by atoms with van der Waals surface area (Å²) >= 11 is 11.8. The Balaban J connectivity index is 1.80. The van der Waals surface area contributed by atoms with E-state index in [2.05, 4.69) is 4.99 Å². The Bertz CT molecular complexity index is 480. The van der Waals surface area contributed by atoms with Gasteiger partial charge in [-0.3, -0.25) is 0 Å². The predicted octanol–water partition coefficient (Wildman–Crippen LogP) is 3.25. The number of halogens is 2. The molecule has 1 aromatic rings. The Labute approximate surface area is 122 Å². The molecule has 2 atom stereocenters. The highest BCUT2D eigenvalue weighted by Gasteiger charge is 2.18. The minimum absolute atomic E-state index is 0.0641. The lowest BCUT2D eigenvalue weighted by molar-refractivity contribution is 0.200. The number of hydrogen-bond donors (Lipinski definition) is 1. The minimum atomic E-state index is 0.0641. The summed E-state index contributed by atoms with van der Waals surface area (Å²) in [6, 6.07) is 5.67. The third kappa shape index (κ3) is 4.18. The van der Waals surface area contributed by atoms with E-state index in [4.69, 9.17) is 38.4 Å². The number of aliphatic imine (C=N–C) groups is 1. The molecule has 1 aromatic carbocycles. The summed E-state index contributed by atoms with van der Waals surface area (Å²) in [6.45, 7) is 2.57. The SMILES string of the molecule is C[C@H](CC[C@H]1COC(N)=N1)Oc1ccc(Cl)c(Cl)c1. The fraction of sp³-hybridized carbons (Fsp3) is 0.462. The maximum absolute atomic E-state index is 5.93. The summed E-state index contributed by atoms with van der Waals surface area (Å²) in [7, 11) is 0. The standard InChI is InChI=1S/C13H16Cl2N2O2/c1-8(2-3-9-7-18-13(16)17-9)19-10-4-5-11(14)12(15)6-10/h4-6,8-9H,2-3,7H2,1H3,(H2,16,17)/t8-,9+/m1/s1. The number of nitrogens with two attached hydrogens (primary N) is 1. The van der Waals surface area contributed by atoms with E-state index in [1.165, 1.54) is 0 Å². The van der Waals surface area contributed by atoms with E-state index in [0.29, 0.717) is 22.4 Å². The van der Waals surface area contributed by atoms with Crippen LogP contribution < -0.4 is 10.5 Å². The predicted molar refractivity (Wildman–Crippen MR) is 77.1 cm³/mol. The number of amidine groups is 1. The summed E-state index contributed by atoms with van der Waals surface area (Å²) in [5, 5.41) is 1.02. The van der Waals surface area contributed by atoms with E-state index in [1.54, 1.807) is 18.2 Å². The molecular weight excluding hydrogens is 287 g/mol. The van der Waals surface area contributed by atoms with Gasteiger partial charge in [0.25, 0.3) is 6.02 Å². The van der Waals surface area contributed by atoms with Crippen molar-refractivity contribution >= 4 is 29.2 Å². The van der Waals surface area contributed by atoms with Gasteiger partial charge < -0.3 is 15.2 Å². The molecule has 0 unspecified atom stereocenters. The summed E-state index contributed by atoms with van der Waals surface area (Å²) in [6.07, 6.45) is 1.81. The van der Waals surface area contributed by atoms with Gasteiger partial charge in [-0.15, -0.1) is 0 Å². The van der Waals surface area contributed by atoms with Crippen molar-refractivity contribution in [3.05, 3.63) is 28.2 Å². The maximum Gasteiger partial charge on any atom is 0.282 e. The van der Waals surface area contributed by atoms with Crippen LogP contribution in [0.5, 0.6) is 5.75 Å². The fourth-order valence-electron chi connectivity index (χ4n) is 1.85. The van der Waals surface area contributed by atoms with Crippen LogP contribution >= 0.6 is 23.2 Å². The first-order valence-corrected chi connectivity index (χ1v) is 6.88. The Hall–Kier alpha value is -1.13. The van der Waals surface area contributed by atoms with Crippen LogP contribution in [0.25, 0.3) is 0 Å². The highest BCUT2D eigenvalue weighted by atomic mass is 35.5. The van der Waals surface area contributed by atoms with Gasteiger partial charge in [-0.05, 0) is 31.9 Å². The van der Waals surface area contributed by atoms with Crippen LogP contribution in [0, 0.1) is 0 Å². The third-order valence-corrected chi connectivity index (χ3v) is 3.61. The first kappa shape index (κ1) is 14.3. The van der Waals surface area contributed by atoms with Crippen LogP contribution in [-0.2, 0) is 4.74 Å². The van der Waals surface area contributed by atoms with E-state index in [9.17, 15) is 0 Å². The molecule has 1 heterocycles. The number of ether oxygens (including phenoxy) is 2. The molecule has 4 nitrogen and oxygen atoms in total. The van der Waals surface area contributed by atoms with Gasteiger partial charge in [0.2, 0.25) is 0 Å². The van der Waals surface area contributed by atoms with Crippen molar-refractivity contribution in [2.24, 2.45) is 10.7 Å². The highest BCUT2D eigenvalue weighted by molar-refractivity contribution is 6.42. The molecule has 19 heavy (non-hydrogen) atoms. The molecule has 0 aliphatic carbocycles. The molecule has 0 aromatic heterocycles. The molecule has 2 rings (SSSR count). The van der Waals surface area contributed by atoms with Crippen LogP contribution in [0.4, 0.5) is 0 Å². The molecule has 0 spiro atoms. The summed E-state index contributed by atoms with van der Waals surface area (Å²) in [5.41, 5.74) is 5.46. The maximum atomic E-state index is 5.93. The van der Waals surface area contributed by atoms with Crippen LogP contribution in [0.15, 0.2) is 23.2 Å². The Kier molecular flexibility index (Phi) is 4.77. The second-order valence-electron chi connectivity index (χ2n) is 4.51. The molecule has 1 aliphatic rings. The lowest BCUT2D eigenvalue weighted by Crippen LogP contribution is -2.16. The molecule has 0 saturated carbocycles. The monoisotopic (exact) mass is 302 g/mol. The molecule has 0 amide bonds. The van der Waals surface area contributed by atoms with E-state index in [0.717, 1.165) is 12.8 Å². The van der Waals surface area contributed by atoms with Gasteiger partial charge in [0.05, 0.1) is 22.2 Å². The van der Waals surface area contributed by atoms with E-state index >= 15 is 0 Å². The van der Waals surface area contributed by atoms with Crippen molar-refractivity contribution in [2.45, 2.75) is 31.9 Å². The lowest BCUT2D eigenvalue weighted by atomic mass is 10.1. The second-order valence-corrected chi connectivity index (χ2v) is 5.33. The van der Waals surface area contributed by atoms with Gasteiger partial charge in [-0.25, -0.2) is 4.99 Å². The van der Waals surface area contributed by atoms with Crippen molar-refractivity contribution in [2.75, 3.05) is 6.61 Å². The number of rotatable bonds is 5.